The third kappa shape index (κ3) is 1.53. The van der Waals surface area contributed by atoms with Crippen LogP contribution < -0.4 is 4.57 Å². The molecule has 98 valence electrons. The molecular weight excluding hydrogens is 248 g/mol. The Bertz CT molecular complexity index is 815. The molecule has 3 heteroatoms. The van der Waals surface area contributed by atoms with Crippen LogP contribution in [0.4, 0.5) is 5.69 Å². The largest absolute Gasteiger partial charge is 0.497 e. The Labute approximate surface area is 117 Å². The van der Waals surface area contributed by atoms with Crippen LogP contribution in [0.1, 0.15) is 11.5 Å². The average molecular weight is 263 g/mol. The molecule has 1 aromatic heterocycles. The summed E-state index contributed by atoms with van der Waals surface area (Å²) in [7, 11) is 3.75. The van der Waals surface area contributed by atoms with Gasteiger partial charge in [-0.25, -0.2) is 4.57 Å². The first-order chi connectivity index (χ1) is 9.76. The van der Waals surface area contributed by atoms with Gasteiger partial charge in [-0.05, 0) is 29.7 Å². The smallest absolute Gasteiger partial charge is 0.176 e. The highest BCUT2D eigenvalue weighted by Gasteiger charge is 2.29. The summed E-state index contributed by atoms with van der Waals surface area (Å²) in [5.74, 6) is 1.11. The minimum absolute atomic E-state index is 0.205. The molecule has 1 aliphatic carbocycles. The summed E-state index contributed by atoms with van der Waals surface area (Å²) in [5.41, 5.74) is 3.45. The third-order valence-corrected chi connectivity index (χ3v) is 3.98. The molecule has 1 unspecified atom stereocenters. The van der Waals surface area contributed by atoms with Crippen LogP contribution in [0.2, 0.25) is 0 Å². The quantitative estimate of drug-likeness (QED) is 0.726. The van der Waals surface area contributed by atoms with Gasteiger partial charge in [0.05, 0.1) is 29.8 Å². The molecule has 0 saturated carbocycles. The third-order valence-electron chi connectivity index (χ3n) is 3.98. The van der Waals surface area contributed by atoms with E-state index in [-0.39, 0.29) is 5.92 Å². The molecule has 1 aliphatic heterocycles. The van der Waals surface area contributed by atoms with Gasteiger partial charge in [0, 0.05) is 11.6 Å². The minimum atomic E-state index is 0.205. The predicted molar refractivity (Wildman–Crippen MR) is 79.2 cm³/mol. The molecule has 1 atom stereocenters. The van der Waals surface area contributed by atoms with Gasteiger partial charge >= 0.3 is 0 Å². The van der Waals surface area contributed by atoms with Gasteiger partial charge in [-0.2, -0.15) is 0 Å². The Morgan fingerprint density at radius 1 is 1.20 bits per heavy atom. The van der Waals surface area contributed by atoms with E-state index in [4.69, 9.17) is 9.73 Å². The number of allylic oxidation sites excluding steroid dienone is 3. The minimum Gasteiger partial charge on any atom is -0.497 e. The Balaban J connectivity index is 1.99. The SMILES string of the molecule is COC1=CC2C(=Nc3ccc4cc[n+](C)cc4c32)C=C1. The maximum absolute atomic E-state index is 5.36. The summed E-state index contributed by atoms with van der Waals surface area (Å²) < 4.78 is 7.45. The molecule has 1 aromatic carbocycles. The molecule has 0 N–H and O–H groups in total. The normalized spacial score (nSPS) is 19.4. The van der Waals surface area contributed by atoms with Crippen molar-refractivity contribution >= 4 is 22.2 Å². The first-order valence-corrected chi connectivity index (χ1v) is 6.70. The van der Waals surface area contributed by atoms with E-state index in [0.29, 0.717) is 0 Å². The van der Waals surface area contributed by atoms with Crippen molar-refractivity contribution in [2.45, 2.75) is 5.92 Å². The predicted octanol–water partition coefficient (Wildman–Crippen LogP) is 2.93. The van der Waals surface area contributed by atoms with Crippen LogP contribution in [0, 0.1) is 0 Å². The average Bonchev–Trinajstić information content (AvgIpc) is 2.84. The molecule has 3 nitrogen and oxygen atoms in total. The molecule has 2 aromatic rings. The van der Waals surface area contributed by atoms with Gasteiger partial charge in [-0.15, -0.1) is 0 Å². The number of nitrogens with zero attached hydrogens (tertiary/aromatic N) is 2. The number of fused-ring (bicyclic) bond motifs is 5. The number of ether oxygens (including phenoxy) is 1. The molecule has 0 fully saturated rings. The van der Waals surface area contributed by atoms with Crippen molar-refractivity contribution in [1.29, 1.82) is 0 Å². The maximum atomic E-state index is 5.36. The lowest BCUT2D eigenvalue weighted by atomic mass is 9.89. The molecule has 0 amide bonds. The van der Waals surface area contributed by atoms with Crippen LogP contribution in [0.15, 0.2) is 59.6 Å². The second-order valence-corrected chi connectivity index (χ2v) is 5.23. The fourth-order valence-electron chi connectivity index (χ4n) is 2.99. The molecule has 0 saturated heterocycles. The van der Waals surface area contributed by atoms with Crippen molar-refractivity contribution in [2.24, 2.45) is 12.0 Å². The molecular formula is C17H15N2O+. The Kier molecular flexibility index (Phi) is 2.30. The molecule has 0 radical (unpaired) electrons. The number of hydrogen-bond acceptors (Lipinski definition) is 2. The molecule has 4 rings (SSSR count). The summed E-state index contributed by atoms with van der Waals surface area (Å²) in [6, 6.07) is 6.39. The number of aromatic nitrogens is 1. The lowest BCUT2D eigenvalue weighted by molar-refractivity contribution is -0.670. The van der Waals surface area contributed by atoms with Crippen molar-refractivity contribution in [3.63, 3.8) is 0 Å². The van der Waals surface area contributed by atoms with Gasteiger partial charge < -0.3 is 4.74 Å². The number of methoxy groups -OCH3 is 1. The lowest BCUT2D eigenvalue weighted by Crippen LogP contribution is -2.26. The van der Waals surface area contributed by atoms with Crippen LogP contribution in [0.25, 0.3) is 10.8 Å². The fraction of sp³-hybridized carbons (Fsp3) is 0.176. The van der Waals surface area contributed by atoms with Gasteiger partial charge in [0.25, 0.3) is 0 Å². The summed E-state index contributed by atoms with van der Waals surface area (Å²) in [4.78, 5) is 4.74. The van der Waals surface area contributed by atoms with E-state index >= 15 is 0 Å². The number of rotatable bonds is 1. The second-order valence-electron chi connectivity index (χ2n) is 5.23. The van der Waals surface area contributed by atoms with E-state index in [1.54, 1.807) is 7.11 Å². The number of aryl methyl sites for hydroxylation is 1. The van der Waals surface area contributed by atoms with Crippen molar-refractivity contribution in [2.75, 3.05) is 7.11 Å². The molecule has 0 spiro atoms. The van der Waals surface area contributed by atoms with Crippen LogP contribution in [-0.2, 0) is 11.8 Å². The number of pyridine rings is 1. The molecule has 20 heavy (non-hydrogen) atoms. The fourth-order valence-corrected chi connectivity index (χ4v) is 2.99. The van der Waals surface area contributed by atoms with Crippen LogP contribution in [0.5, 0.6) is 0 Å². The Morgan fingerprint density at radius 2 is 2.10 bits per heavy atom. The number of aliphatic imine (C=N–C) groups is 1. The van der Waals surface area contributed by atoms with Gasteiger partial charge in [-0.3, -0.25) is 4.99 Å². The lowest BCUT2D eigenvalue weighted by Gasteiger charge is -2.15. The highest BCUT2D eigenvalue weighted by Crippen LogP contribution is 2.42. The highest BCUT2D eigenvalue weighted by molar-refractivity contribution is 6.11. The van der Waals surface area contributed by atoms with Crippen molar-refractivity contribution < 1.29 is 9.30 Å². The van der Waals surface area contributed by atoms with Crippen molar-refractivity contribution in [3.05, 3.63) is 60.1 Å². The van der Waals surface area contributed by atoms with Gasteiger partial charge in [0.2, 0.25) is 0 Å². The van der Waals surface area contributed by atoms with E-state index in [1.807, 2.05) is 13.1 Å². The topological polar surface area (TPSA) is 25.5 Å². The summed E-state index contributed by atoms with van der Waals surface area (Å²) in [5, 5.41) is 2.51. The van der Waals surface area contributed by atoms with E-state index < -0.39 is 0 Å². The molecule has 2 heterocycles. The van der Waals surface area contributed by atoms with E-state index in [1.165, 1.54) is 16.3 Å². The highest BCUT2D eigenvalue weighted by atomic mass is 16.5. The van der Waals surface area contributed by atoms with E-state index in [9.17, 15) is 0 Å². The first-order valence-electron chi connectivity index (χ1n) is 6.70. The number of hydrogen-bond donors (Lipinski definition) is 0. The van der Waals surface area contributed by atoms with Gasteiger partial charge in [0.15, 0.2) is 12.4 Å². The number of benzene rings is 1. The summed E-state index contributed by atoms with van der Waals surface area (Å²) in [6.45, 7) is 0. The zero-order chi connectivity index (χ0) is 13.7. The van der Waals surface area contributed by atoms with Crippen LogP contribution >= 0.6 is 0 Å². The summed E-state index contributed by atoms with van der Waals surface area (Å²) in [6.07, 6.45) is 10.4. The Hall–Kier alpha value is -2.42. The summed E-state index contributed by atoms with van der Waals surface area (Å²) >= 11 is 0. The van der Waals surface area contributed by atoms with E-state index in [2.05, 4.69) is 47.3 Å². The zero-order valence-electron chi connectivity index (χ0n) is 11.5. The zero-order valence-corrected chi connectivity index (χ0v) is 11.5. The van der Waals surface area contributed by atoms with Crippen molar-refractivity contribution in [3.8, 4) is 0 Å². The maximum Gasteiger partial charge on any atom is 0.176 e. The van der Waals surface area contributed by atoms with Crippen molar-refractivity contribution in [1.82, 2.24) is 0 Å². The monoisotopic (exact) mass is 263 g/mol. The van der Waals surface area contributed by atoms with Crippen LogP contribution in [-0.4, -0.2) is 12.8 Å². The van der Waals surface area contributed by atoms with E-state index in [0.717, 1.165) is 17.2 Å². The molecule has 0 bridgehead atoms. The molecule has 2 aliphatic rings. The van der Waals surface area contributed by atoms with Gasteiger partial charge in [-0.1, -0.05) is 6.07 Å². The first kappa shape index (κ1) is 11.4. The second kappa shape index (κ2) is 4.04. The van der Waals surface area contributed by atoms with Gasteiger partial charge in [0.1, 0.15) is 12.8 Å². The van der Waals surface area contributed by atoms with Crippen LogP contribution in [0.3, 0.4) is 0 Å². The Morgan fingerprint density at radius 3 is 2.95 bits per heavy atom. The standard InChI is InChI=1S/C17H15N2O/c1-19-8-7-11-3-5-16-17(14(11)10-19)13-9-12(20-2)4-6-15(13)18-16/h3-10,13H,1-2H3/q+1.